The van der Waals surface area contributed by atoms with Crippen molar-refractivity contribution in [1.29, 1.82) is 0 Å². The van der Waals surface area contributed by atoms with E-state index in [1.807, 2.05) is 30.3 Å². The lowest BCUT2D eigenvalue weighted by Gasteiger charge is -2.10. The lowest BCUT2D eigenvalue weighted by atomic mass is 10.1. The second-order valence-electron chi connectivity index (χ2n) is 6.76. The summed E-state index contributed by atoms with van der Waals surface area (Å²) < 4.78 is 0. The van der Waals surface area contributed by atoms with E-state index in [2.05, 4.69) is 43.4 Å². The molecular formula is C23H26N2OS. The summed E-state index contributed by atoms with van der Waals surface area (Å²) in [6.45, 7) is 4.98. The van der Waals surface area contributed by atoms with Gasteiger partial charge >= 0.3 is 0 Å². The highest BCUT2D eigenvalue weighted by molar-refractivity contribution is 7.99. The molecule has 0 aliphatic rings. The molecule has 0 radical (unpaired) electrons. The summed E-state index contributed by atoms with van der Waals surface area (Å²) >= 11 is 1.59. The molecule has 140 valence electrons. The smallest absolute Gasteiger partial charge is 0.252 e. The largest absolute Gasteiger partial charge is 0.352 e. The molecule has 0 saturated heterocycles. The average Bonchev–Trinajstić information content (AvgIpc) is 2.69. The minimum absolute atomic E-state index is 0.0177. The Balaban J connectivity index is 1.82. The lowest BCUT2D eigenvalue weighted by molar-refractivity contribution is 0.0954. The zero-order chi connectivity index (χ0) is 19.1. The normalized spacial score (nSPS) is 10.9. The Bertz CT molecular complexity index is 906. The minimum Gasteiger partial charge on any atom is -0.352 e. The number of pyridine rings is 1. The summed E-state index contributed by atoms with van der Waals surface area (Å²) in [5.74, 6) is -0.0177. The van der Waals surface area contributed by atoms with E-state index in [4.69, 9.17) is 4.98 Å². The molecular weight excluding hydrogens is 352 g/mol. The van der Waals surface area contributed by atoms with Crippen LogP contribution < -0.4 is 5.32 Å². The molecule has 0 unspecified atom stereocenters. The van der Waals surface area contributed by atoms with Crippen molar-refractivity contribution >= 4 is 28.6 Å². The first kappa shape index (κ1) is 19.4. The third-order valence-electron chi connectivity index (χ3n) is 4.50. The topological polar surface area (TPSA) is 42.0 Å². The van der Waals surface area contributed by atoms with Crippen molar-refractivity contribution in [2.75, 3.05) is 6.54 Å². The molecule has 1 aromatic heterocycles. The Kier molecular flexibility index (Phi) is 6.88. The van der Waals surface area contributed by atoms with Gasteiger partial charge < -0.3 is 5.32 Å². The summed E-state index contributed by atoms with van der Waals surface area (Å²) in [6, 6.07) is 18.1. The Hall–Kier alpha value is -2.33. The molecule has 3 aromatic rings. The molecule has 1 amide bonds. The number of nitrogens with one attached hydrogen (secondary N) is 1. The van der Waals surface area contributed by atoms with Gasteiger partial charge in [0.25, 0.3) is 5.91 Å². The lowest BCUT2D eigenvalue weighted by Crippen LogP contribution is -2.24. The monoisotopic (exact) mass is 378 g/mol. The van der Waals surface area contributed by atoms with E-state index in [1.165, 1.54) is 18.4 Å². The molecule has 27 heavy (non-hydrogen) atoms. The van der Waals surface area contributed by atoms with Gasteiger partial charge in [-0.05, 0) is 37.6 Å². The van der Waals surface area contributed by atoms with Crippen molar-refractivity contribution < 1.29 is 4.79 Å². The van der Waals surface area contributed by atoms with E-state index in [-0.39, 0.29) is 5.91 Å². The number of carbonyl (C=O) groups is 1. The number of benzene rings is 2. The second-order valence-corrected chi connectivity index (χ2v) is 7.85. The first-order valence-electron chi connectivity index (χ1n) is 9.60. The van der Waals surface area contributed by atoms with E-state index >= 15 is 0 Å². The summed E-state index contributed by atoms with van der Waals surface area (Å²) in [6.07, 6.45) is 4.59. The second kappa shape index (κ2) is 9.56. The predicted molar refractivity (Wildman–Crippen MR) is 114 cm³/mol. The maximum atomic E-state index is 12.8. The Labute approximate surface area is 165 Å². The SMILES string of the molecule is CCCCCCNC(=O)c1cc(Sc2ccc(C)cc2)nc2ccccc12. The zero-order valence-electron chi connectivity index (χ0n) is 16.0. The van der Waals surface area contributed by atoms with Crippen LogP contribution in [0.15, 0.2) is 64.5 Å². The van der Waals surface area contributed by atoms with Crippen molar-refractivity contribution in [3.05, 3.63) is 65.7 Å². The van der Waals surface area contributed by atoms with Crippen LogP contribution in [-0.2, 0) is 0 Å². The van der Waals surface area contributed by atoms with Gasteiger partial charge in [-0.1, -0.05) is 73.8 Å². The van der Waals surface area contributed by atoms with Crippen molar-refractivity contribution in [1.82, 2.24) is 10.3 Å². The first-order valence-corrected chi connectivity index (χ1v) is 10.4. The molecule has 3 rings (SSSR count). The third-order valence-corrected chi connectivity index (χ3v) is 5.42. The van der Waals surface area contributed by atoms with E-state index < -0.39 is 0 Å². The van der Waals surface area contributed by atoms with Crippen LogP contribution in [0, 0.1) is 6.92 Å². The van der Waals surface area contributed by atoms with E-state index in [0.29, 0.717) is 5.56 Å². The molecule has 0 spiro atoms. The Morgan fingerprint density at radius 1 is 1.04 bits per heavy atom. The number of fused-ring (bicyclic) bond motifs is 1. The maximum Gasteiger partial charge on any atom is 0.252 e. The molecule has 1 heterocycles. The fourth-order valence-electron chi connectivity index (χ4n) is 2.97. The van der Waals surface area contributed by atoms with Crippen molar-refractivity contribution in [2.45, 2.75) is 49.5 Å². The molecule has 3 nitrogen and oxygen atoms in total. The number of aryl methyl sites for hydroxylation is 1. The van der Waals surface area contributed by atoms with Crippen molar-refractivity contribution in [3.8, 4) is 0 Å². The maximum absolute atomic E-state index is 12.8. The van der Waals surface area contributed by atoms with Gasteiger partial charge in [-0.2, -0.15) is 0 Å². The fourth-order valence-corrected chi connectivity index (χ4v) is 3.80. The molecule has 0 saturated carbocycles. The highest BCUT2D eigenvalue weighted by Gasteiger charge is 2.13. The molecule has 0 fully saturated rings. The Morgan fingerprint density at radius 3 is 2.59 bits per heavy atom. The molecule has 0 bridgehead atoms. The number of rotatable bonds is 8. The molecule has 2 aromatic carbocycles. The van der Waals surface area contributed by atoms with Crippen molar-refractivity contribution in [2.24, 2.45) is 0 Å². The van der Waals surface area contributed by atoms with Crippen LogP contribution >= 0.6 is 11.8 Å². The Morgan fingerprint density at radius 2 is 1.81 bits per heavy atom. The highest BCUT2D eigenvalue weighted by Crippen LogP contribution is 2.30. The summed E-state index contributed by atoms with van der Waals surface area (Å²) in [5, 5.41) is 4.81. The van der Waals surface area contributed by atoms with Gasteiger partial charge in [-0.25, -0.2) is 4.98 Å². The van der Waals surface area contributed by atoms with Gasteiger partial charge in [0.15, 0.2) is 0 Å². The predicted octanol–water partition coefficient (Wildman–Crippen LogP) is 6.00. The molecule has 0 aliphatic carbocycles. The van der Waals surface area contributed by atoms with E-state index in [0.717, 1.165) is 40.2 Å². The van der Waals surface area contributed by atoms with Crippen LogP contribution in [0.5, 0.6) is 0 Å². The summed E-state index contributed by atoms with van der Waals surface area (Å²) in [7, 11) is 0. The molecule has 0 aliphatic heterocycles. The third kappa shape index (κ3) is 5.33. The number of nitrogens with zero attached hydrogens (tertiary/aromatic N) is 1. The van der Waals surface area contributed by atoms with Gasteiger partial charge in [-0.15, -0.1) is 0 Å². The first-order chi connectivity index (χ1) is 13.2. The zero-order valence-corrected chi connectivity index (χ0v) is 16.8. The number of carbonyl (C=O) groups excluding carboxylic acids is 1. The standard InChI is InChI=1S/C23H26N2OS/c1-3-4-5-8-15-24-23(26)20-16-22(25-21-10-7-6-9-19(20)21)27-18-13-11-17(2)12-14-18/h6-7,9-14,16H,3-5,8,15H2,1-2H3,(H,24,26). The fraction of sp³-hybridized carbons (Fsp3) is 0.304. The van der Waals surface area contributed by atoms with Crippen molar-refractivity contribution in [3.63, 3.8) is 0 Å². The molecule has 1 N–H and O–H groups in total. The number of para-hydroxylation sites is 1. The van der Waals surface area contributed by atoms with Gasteiger partial charge in [-0.3, -0.25) is 4.79 Å². The molecule has 4 heteroatoms. The summed E-state index contributed by atoms with van der Waals surface area (Å²) in [5.41, 5.74) is 2.78. The van der Waals surface area contributed by atoms with Crippen LogP contribution in [0.2, 0.25) is 0 Å². The van der Waals surface area contributed by atoms with Gasteiger partial charge in [0.05, 0.1) is 11.1 Å². The number of hydrogen-bond acceptors (Lipinski definition) is 3. The minimum atomic E-state index is -0.0177. The average molecular weight is 379 g/mol. The van der Waals surface area contributed by atoms with Gasteiger partial charge in [0, 0.05) is 16.8 Å². The van der Waals surface area contributed by atoms with Gasteiger partial charge in [0.1, 0.15) is 5.03 Å². The quantitative estimate of drug-likeness (QED) is 0.488. The van der Waals surface area contributed by atoms with Crippen LogP contribution in [0.1, 0.15) is 48.5 Å². The van der Waals surface area contributed by atoms with Crippen LogP contribution in [0.3, 0.4) is 0 Å². The number of hydrogen-bond donors (Lipinski definition) is 1. The van der Waals surface area contributed by atoms with Crippen LogP contribution in [0.25, 0.3) is 10.9 Å². The van der Waals surface area contributed by atoms with E-state index in [1.54, 1.807) is 11.8 Å². The van der Waals surface area contributed by atoms with Gasteiger partial charge in [0.2, 0.25) is 0 Å². The highest BCUT2D eigenvalue weighted by atomic mass is 32.2. The number of unbranched alkanes of at least 4 members (excludes halogenated alkanes) is 3. The number of amides is 1. The van der Waals surface area contributed by atoms with Crippen LogP contribution in [0.4, 0.5) is 0 Å². The van der Waals surface area contributed by atoms with Crippen LogP contribution in [-0.4, -0.2) is 17.4 Å². The van der Waals surface area contributed by atoms with E-state index in [9.17, 15) is 4.79 Å². The molecule has 0 atom stereocenters. The number of aromatic nitrogens is 1. The summed E-state index contributed by atoms with van der Waals surface area (Å²) in [4.78, 5) is 18.7.